The smallest absolute Gasteiger partial charge is 0.248 e. The maximum absolute atomic E-state index is 12.3. The molecule has 7 heteroatoms. The van der Waals surface area contributed by atoms with Gasteiger partial charge in [-0.3, -0.25) is 9.59 Å². The van der Waals surface area contributed by atoms with Gasteiger partial charge in [0.1, 0.15) is 0 Å². The maximum Gasteiger partial charge on any atom is 0.248 e. The van der Waals surface area contributed by atoms with Gasteiger partial charge in [-0.25, -0.2) is 5.43 Å². The summed E-state index contributed by atoms with van der Waals surface area (Å²) < 4.78 is -0.341. The molecule has 2 aliphatic rings. The largest absolute Gasteiger partial charge is 0.326 e. The SMILES string of the molecule is C/C(=N/NC(=O)[C@]1(C)CC1(Br)Br)c1cccc(NC(=O)C2CCC2)c1. The van der Waals surface area contributed by atoms with E-state index in [1.165, 1.54) is 0 Å². The highest BCUT2D eigenvalue weighted by molar-refractivity contribution is 9.25. The Morgan fingerprint density at radius 2 is 1.96 bits per heavy atom. The molecule has 2 aliphatic carbocycles. The van der Waals surface area contributed by atoms with Gasteiger partial charge in [-0.2, -0.15) is 5.10 Å². The first-order valence-corrected chi connectivity index (χ1v) is 9.95. The van der Waals surface area contributed by atoms with Crippen LogP contribution in [0.15, 0.2) is 29.4 Å². The summed E-state index contributed by atoms with van der Waals surface area (Å²) in [5.74, 6) is 0.0970. The number of amides is 2. The molecule has 2 N–H and O–H groups in total. The Kier molecular flexibility index (Phi) is 5.08. The Hall–Kier alpha value is -1.21. The lowest BCUT2D eigenvalue weighted by Gasteiger charge is -2.24. The predicted molar refractivity (Wildman–Crippen MR) is 106 cm³/mol. The van der Waals surface area contributed by atoms with Gasteiger partial charge in [-0.1, -0.05) is 50.4 Å². The van der Waals surface area contributed by atoms with Gasteiger partial charge >= 0.3 is 0 Å². The van der Waals surface area contributed by atoms with Crippen molar-refractivity contribution in [1.29, 1.82) is 0 Å². The van der Waals surface area contributed by atoms with Crippen LogP contribution < -0.4 is 10.7 Å². The van der Waals surface area contributed by atoms with E-state index in [4.69, 9.17) is 0 Å². The van der Waals surface area contributed by atoms with Crippen LogP contribution in [0.25, 0.3) is 0 Å². The molecule has 2 fully saturated rings. The van der Waals surface area contributed by atoms with E-state index in [2.05, 4.69) is 47.7 Å². The van der Waals surface area contributed by atoms with Crippen LogP contribution in [0, 0.1) is 11.3 Å². The number of carbonyl (C=O) groups is 2. The zero-order valence-corrected chi connectivity index (χ0v) is 17.4. The molecule has 3 rings (SSSR count). The molecule has 1 aromatic carbocycles. The number of benzene rings is 1. The molecule has 2 saturated carbocycles. The summed E-state index contributed by atoms with van der Waals surface area (Å²) in [4.78, 5) is 24.3. The van der Waals surface area contributed by atoms with Crippen LogP contribution in [0.2, 0.25) is 0 Å². The first-order chi connectivity index (χ1) is 11.7. The monoisotopic (exact) mass is 469 g/mol. The lowest BCUT2D eigenvalue weighted by molar-refractivity contribution is -0.125. The number of halogens is 2. The molecule has 0 aromatic heterocycles. The lowest BCUT2D eigenvalue weighted by atomic mass is 9.85. The molecule has 0 unspecified atom stereocenters. The van der Waals surface area contributed by atoms with Crippen molar-refractivity contribution >= 4 is 55.1 Å². The number of nitrogens with zero attached hydrogens (tertiary/aromatic N) is 1. The Bertz CT molecular complexity index is 744. The number of nitrogens with one attached hydrogen (secondary N) is 2. The molecular formula is C18H21Br2N3O2. The lowest BCUT2D eigenvalue weighted by Crippen LogP contribution is -2.30. The molecule has 5 nitrogen and oxygen atoms in total. The van der Waals surface area contributed by atoms with Gasteiger partial charge in [0.25, 0.3) is 0 Å². The van der Waals surface area contributed by atoms with Gasteiger partial charge in [0.15, 0.2) is 0 Å². The highest BCUT2D eigenvalue weighted by Crippen LogP contribution is 2.66. The Morgan fingerprint density at radius 1 is 1.28 bits per heavy atom. The number of alkyl halides is 2. The molecule has 25 heavy (non-hydrogen) atoms. The van der Waals surface area contributed by atoms with E-state index < -0.39 is 5.41 Å². The highest BCUT2D eigenvalue weighted by Gasteiger charge is 2.66. The van der Waals surface area contributed by atoms with Gasteiger partial charge in [0, 0.05) is 11.6 Å². The summed E-state index contributed by atoms with van der Waals surface area (Å²) in [6, 6.07) is 7.51. The molecule has 0 saturated heterocycles. The quantitative estimate of drug-likeness (QED) is 0.385. The number of hydrogen-bond donors (Lipinski definition) is 2. The molecular weight excluding hydrogens is 450 g/mol. The summed E-state index contributed by atoms with van der Waals surface area (Å²) in [5, 5.41) is 7.17. The minimum atomic E-state index is -0.505. The highest BCUT2D eigenvalue weighted by atomic mass is 79.9. The standard InChI is InChI=1S/C18H21Br2N3O2/c1-11(22-23-16(25)17(2)10-18(17,19)20)13-7-4-8-14(9-13)21-15(24)12-5-3-6-12/h4,7-9,12H,3,5-6,10H2,1-2H3,(H,21,24)(H,23,25)/b22-11-/t17-/m0/s1. The number of rotatable bonds is 5. The molecule has 0 radical (unpaired) electrons. The Labute approximate surface area is 164 Å². The van der Waals surface area contributed by atoms with Crippen molar-refractivity contribution in [3.05, 3.63) is 29.8 Å². The molecule has 0 heterocycles. The van der Waals surface area contributed by atoms with Crippen molar-refractivity contribution in [2.24, 2.45) is 16.4 Å². The molecule has 0 bridgehead atoms. The van der Waals surface area contributed by atoms with Crippen LogP contribution in [-0.2, 0) is 9.59 Å². The fourth-order valence-corrected chi connectivity index (χ4v) is 4.19. The van der Waals surface area contributed by atoms with Crippen molar-refractivity contribution in [3.8, 4) is 0 Å². The van der Waals surface area contributed by atoms with Crippen molar-refractivity contribution in [3.63, 3.8) is 0 Å². The van der Waals surface area contributed by atoms with Crippen molar-refractivity contribution in [2.75, 3.05) is 5.32 Å². The van der Waals surface area contributed by atoms with Gasteiger partial charge in [-0.15, -0.1) is 0 Å². The van der Waals surface area contributed by atoms with Gasteiger partial charge in [0.2, 0.25) is 11.8 Å². The zero-order chi connectivity index (χ0) is 18.2. The van der Waals surface area contributed by atoms with Crippen molar-refractivity contribution < 1.29 is 9.59 Å². The fraction of sp³-hybridized carbons (Fsp3) is 0.500. The maximum atomic E-state index is 12.3. The fourth-order valence-electron chi connectivity index (χ4n) is 2.71. The van der Waals surface area contributed by atoms with Gasteiger partial charge in [-0.05, 0) is 50.8 Å². The Morgan fingerprint density at radius 3 is 2.52 bits per heavy atom. The third kappa shape index (κ3) is 3.82. The third-order valence-electron chi connectivity index (χ3n) is 5.11. The summed E-state index contributed by atoms with van der Waals surface area (Å²) in [5.41, 5.74) is 4.43. The van der Waals surface area contributed by atoms with Crippen molar-refractivity contribution in [2.45, 2.75) is 42.8 Å². The number of hydrogen-bond acceptors (Lipinski definition) is 3. The van der Waals surface area contributed by atoms with Crippen LogP contribution in [0.3, 0.4) is 0 Å². The average Bonchev–Trinajstić information content (AvgIpc) is 3.02. The van der Waals surface area contributed by atoms with Gasteiger partial charge < -0.3 is 5.32 Å². The molecule has 0 spiro atoms. The van der Waals surface area contributed by atoms with Crippen LogP contribution in [0.5, 0.6) is 0 Å². The predicted octanol–water partition coefficient (Wildman–Crippen LogP) is 4.16. The van der Waals surface area contributed by atoms with Crippen LogP contribution in [0.1, 0.15) is 45.1 Å². The molecule has 0 aliphatic heterocycles. The van der Waals surface area contributed by atoms with E-state index >= 15 is 0 Å². The average molecular weight is 471 g/mol. The normalized spacial score (nSPS) is 25.0. The summed E-state index contributed by atoms with van der Waals surface area (Å²) in [6.45, 7) is 3.71. The summed E-state index contributed by atoms with van der Waals surface area (Å²) >= 11 is 6.97. The first-order valence-electron chi connectivity index (χ1n) is 8.37. The third-order valence-corrected chi connectivity index (χ3v) is 7.42. The summed E-state index contributed by atoms with van der Waals surface area (Å²) in [7, 11) is 0. The topological polar surface area (TPSA) is 70.6 Å². The van der Waals surface area contributed by atoms with Crippen LogP contribution >= 0.6 is 31.9 Å². The molecule has 134 valence electrons. The van der Waals surface area contributed by atoms with Crippen molar-refractivity contribution in [1.82, 2.24) is 5.43 Å². The van der Waals surface area contributed by atoms with E-state index in [9.17, 15) is 9.59 Å². The molecule has 2 amide bonds. The number of anilines is 1. The van der Waals surface area contributed by atoms with E-state index in [0.717, 1.165) is 30.5 Å². The second-order valence-corrected chi connectivity index (χ2v) is 10.8. The van der Waals surface area contributed by atoms with Gasteiger partial charge in [0.05, 0.1) is 14.4 Å². The van der Waals surface area contributed by atoms with Crippen LogP contribution in [-0.4, -0.2) is 20.8 Å². The van der Waals surface area contributed by atoms with E-state index in [1.807, 2.05) is 38.1 Å². The molecule has 1 atom stereocenters. The van der Waals surface area contributed by atoms with Crippen LogP contribution in [0.4, 0.5) is 5.69 Å². The minimum absolute atomic E-state index is 0.0823. The number of carbonyl (C=O) groups excluding carboxylic acids is 2. The summed E-state index contributed by atoms with van der Waals surface area (Å²) in [6.07, 6.45) is 3.79. The molecule has 1 aromatic rings. The second-order valence-electron chi connectivity index (χ2n) is 7.05. The Balaban J connectivity index is 1.63. The second kappa shape index (κ2) is 6.83. The van der Waals surface area contributed by atoms with E-state index in [-0.39, 0.29) is 21.0 Å². The number of hydrazone groups is 1. The van der Waals surface area contributed by atoms with E-state index in [1.54, 1.807) is 0 Å². The first kappa shape index (κ1) is 18.6. The zero-order valence-electron chi connectivity index (χ0n) is 14.2. The minimum Gasteiger partial charge on any atom is -0.326 e. The van der Waals surface area contributed by atoms with E-state index in [0.29, 0.717) is 12.1 Å².